The van der Waals surface area contributed by atoms with Gasteiger partial charge in [-0.05, 0) is 30.9 Å². The van der Waals surface area contributed by atoms with Crippen molar-refractivity contribution in [1.29, 1.82) is 0 Å². The number of aromatic nitrogens is 3. The highest BCUT2D eigenvalue weighted by Gasteiger charge is 2.43. The SMILES string of the molecule is CCC1CC(OS(C)(=O)=O)CC1c1nnc2n1C1C=CN(COCC[Si](C)(C)C)C1N=C2. The van der Waals surface area contributed by atoms with Gasteiger partial charge in [0.15, 0.2) is 5.82 Å². The summed E-state index contributed by atoms with van der Waals surface area (Å²) in [5, 5.41) is 8.92. The second-order valence-electron chi connectivity index (χ2n) is 10.3. The number of hydrogen-bond donors (Lipinski definition) is 0. The lowest BCUT2D eigenvalue weighted by molar-refractivity contribution is 0.0408. The van der Waals surface area contributed by atoms with Crippen molar-refractivity contribution in [3.63, 3.8) is 0 Å². The number of fused-ring (bicyclic) bond motifs is 3. The second kappa shape index (κ2) is 9.00. The molecule has 1 aromatic rings. The maximum atomic E-state index is 11.7. The summed E-state index contributed by atoms with van der Waals surface area (Å²) in [6.45, 7) is 10.5. The standard InChI is InChI=1S/C21H35N5O4SSi/c1-6-15-11-16(30-31(2,27)28)12-17(15)20-24-23-19-13-22-21-18(26(19)20)7-8-25(21)14-29-9-10-32(3,4)5/h7-8,13,15-18,21H,6,9-12,14H2,1-5H3. The largest absolute Gasteiger partial charge is 0.361 e. The highest BCUT2D eigenvalue weighted by atomic mass is 32.2. The molecule has 178 valence electrons. The van der Waals surface area contributed by atoms with Gasteiger partial charge in [0.05, 0.1) is 24.6 Å². The van der Waals surface area contributed by atoms with Gasteiger partial charge >= 0.3 is 0 Å². The van der Waals surface area contributed by atoms with Crippen LogP contribution in [0.3, 0.4) is 0 Å². The van der Waals surface area contributed by atoms with Gasteiger partial charge in [-0.25, -0.2) is 0 Å². The van der Waals surface area contributed by atoms with Crippen molar-refractivity contribution in [1.82, 2.24) is 19.7 Å². The Hall–Kier alpha value is -1.56. The molecule has 1 fully saturated rings. The first-order valence-electron chi connectivity index (χ1n) is 11.4. The molecule has 9 nitrogen and oxygen atoms in total. The van der Waals surface area contributed by atoms with Crippen LogP contribution in [0, 0.1) is 5.92 Å². The topological polar surface area (TPSA) is 98.9 Å². The van der Waals surface area contributed by atoms with E-state index < -0.39 is 18.2 Å². The van der Waals surface area contributed by atoms with Crippen molar-refractivity contribution >= 4 is 24.4 Å². The van der Waals surface area contributed by atoms with Gasteiger partial charge in [-0.1, -0.05) is 33.0 Å². The highest BCUT2D eigenvalue weighted by molar-refractivity contribution is 7.86. The van der Waals surface area contributed by atoms with Crippen LogP contribution in [0.1, 0.15) is 49.8 Å². The molecule has 0 saturated heterocycles. The lowest BCUT2D eigenvalue weighted by Gasteiger charge is -2.31. The summed E-state index contributed by atoms with van der Waals surface area (Å²) in [4.78, 5) is 6.85. The molecule has 0 bridgehead atoms. The van der Waals surface area contributed by atoms with Gasteiger partial charge < -0.3 is 9.64 Å². The van der Waals surface area contributed by atoms with Crippen molar-refractivity contribution < 1.29 is 17.3 Å². The molecule has 3 aliphatic rings. The summed E-state index contributed by atoms with van der Waals surface area (Å²) in [7, 11) is -4.60. The molecule has 0 radical (unpaired) electrons. The lowest BCUT2D eigenvalue weighted by Crippen LogP contribution is -2.37. The molecular weight excluding hydrogens is 446 g/mol. The first-order valence-corrected chi connectivity index (χ1v) is 17.0. The van der Waals surface area contributed by atoms with Gasteiger partial charge in [-0.3, -0.25) is 13.7 Å². The van der Waals surface area contributed by atoms with Crippen molar-refractivity contribution in [3.05, 3.63) is 23.9 Å². The summed E-state index contributed by atoms with van der Waals surface area (Å²) < 4.78 is 36.8. The molecule has 5 atom stereocenters. The van der Waals surface area contributed by atoms with Crippen LogP contribution in [0.5, 0.6) is 0 Å². The van der Waals surface area contributed by atoms with E-state index in [-0.39, 0.29) is 24.2 Å². The third-order valence-electron chi connectivity index (χ3n) is 6.56. The molecule has 5 unspecified atom stereocenters. The number of ether oxygens (including phenoxy) is 1. The van der Waals surface area contributed by atoms with Gasteiger partial charge in [-0.15, -0.1) is 10.2 Å². The average Bonchev–Trinajstić information content (AvgIpc) is 3.38. The van der Waals surface area contributed by atoms with E-state index in [4.69, 9.17) is 13.9 Å². The van der Waals surface area contributed by atoms with Crippen molar-refractivity contribution in [2.45, 2.75) is 76.1 Å². The van der Waals surface area contributed by atoms with Crippen LogP contribution < -0.4 is 0 Å². The Morgan fingerprint density at radius 1 is 1.22 bits per heavy atom. The zero-order chi connectivity index (χ0) is 23.1. The quantitative estimate of drug-likeness (QED) is 0.304. The highest BCUT2D eigenvalue weighted by Crippen LogP contribution is 2.44. The molecule has 0 aromatic carbocycles. The third kappa shape index (κ3) is 5.16. The smallest absolute Gasteiger partial charge is 0.264 e. The van der Waals surface area contributed by atoms with Crippen LogP contribution in [0.2, 0.25) is 25.7 Å². The summed E-state index contributed by atoms with van der Waals surface area (Å²) >= 11 is 0. The second-order valence-corrected chi connectivity index (χ2v) is 17.6. The predicted octanol–water partition coefficient (Wildman–Crippen LogP) is 2.97. The fourth-order valence-corrected chi connectivity index (χ4v) is 6.32. The molecule has 0 N–H and O–H groups in total. The number of nitrogens with zero attached hydrogens (tertiary/aromatic N) is 5. The van der Waals surface area contributed by atoms with Gasteiger partial charge in [-0.2, -0.15) is 8.42 Å². The van der Waals surface area contributed by atoms with Gasteiger partial charge in [0, 0.05) is 26.8 Å². The van der Waals surface area contributed by atoms with Gasteiger partial charge in [0.1, 0.15) is 18.7 Å². The van der Waals surface area contributed by atoms with Crippen LogP contribution in [-0.2, 0) is 19.0 Å². The minimum Gasteiger partial charge on any atom is -0.361 e. The average molecular weight is 482 g/mol. The third-order valence-corrected chi connectivity index (χ3v) is 8.89. The zero-order valence-electron chi connectivity index (χ0n) is 19.6. The Labute approximate surface area is 192 Å². The van der Waals surface area contributed by atoms with E-state index in [1.807, 2.05) is 0 Å². The molecule has 1 aliphatic carbocycles. The first-order chi connectivity index (χ1) is 15.1. The Kier molecular flexibility index (Phi) is 6.63. The molecule has 0 amide bonds. The van der Waals surface area contributed by atoms with Crippen LogP contribution in [0.25, 0.3) is 0 Å². The number of hydrogen-bond acceptors (Lipinski definition) is 8. The normalized spacial score (nSPS) is 29.5. The zero-order valence-corrected chi connectivity index (χ0v) is 21.5. The predicted molar refractivity (Wildman–Crippen MR) is 126 cm³/mol. The molecule has 32 heavy (non-hydrogen) atoms. The van der Waals surface area contributed by atoms with Crippen molar-refractivity contribution in [3.8, 4) is 0 Å². The van der Waals surface area contributed by atoms with Crippen LogP contribution in [0.15, 0.2) is 17.3 Å². The molecule has 2 aliphatic heterocycles. The van der Waals surface area contributed by atoms with Gasteiger partial charge in [0.25, 0.3) is 10.1 Å². The number of rotatable bonds is 9. The molecule has 4 rings (SSSR count). The van der Waals surface area contributed by atoms with E-state index >= 15 is 0 Å². The fraction of sp³-hybridized carbons (Fsp3) is 0.762. The number of aliphatic imine (C=N–C) groups is 1. The van der Waals surface area contributed by atoms with E-state index in [9.17, 15) is 8.42 Å². The minimum atomic E-state index is -3.48. The molecule has 11 heteroatoms. The van der Waals surface area contributed by atoms with Crippen LogP contribution in [0.4, 0.5) is 0 Å². The van der Waals surface area contributed by atoms with Gasteiger partial charge in [0.2, 0.25) is 0 Å². The lowest BCUT2D eigenvalue weighted by atomic mass is 9.92. The Morgan fingerprint density at radius 2 is 2.00 bits per heavy atom. The molecular formula is C21H35N5O4SSi. The maximum absolute atomic E-state index is 11.7. The van der Waals surface area contributed by atoms with E-state index in [2.05, 4.69) is 58.5 Å². The van der Waals surface area contributed by atoms with E-state index in [1.54, 1.807) is 6.21 Å². The Balaban J connectivity index is 1.48. The van der Waals surface area contributed by atoms with Crippen LogP contribution in [-0.4, -0.2) is 74.2 Å². The first kappa shape index (κ1) is 23.6. The molecule has 1 aromatic heterocycles. The Bertz CT molecular complexity index is 987. The molecule has 3 heterocycles. The van der Waals surface area contributed by atoms with Crippen molar-refractivity contribution in [2.24, 2.45) is 10.9 Å². The summed E-state index contributed by atoms with van der Waals surface area (Å²) in [5.41, 5.74) is 0. The maximum Gasteiger partial charge on any atom is 0.264 e. The molecule has 1 saturated carbocycles. The van der Waals surface area contributed by atoms with E-state index in [1.165, 1.54) is 0 Å². The minimum absolute atomic E-state index is 0.00738. The van der Waals surface area contributed by atoms with Crippen molar-refractivity contribution in [2.75, 3.05) is 19.6 Å². The summed E-state index contributed by atoms with van der Waals surface area (Å²) in [5.74, 6) is 2.06. The molecule has 0 spiro atoms. The fourth-order valence-electron chi connectivity index (χ4n) is 4.92. The summed E-state index contributed by atoms with van der Waals surface area (Å²) in [6, 6.07) is 1.14. The van der Waals surface area contributed by atoms with Crippen LogP contribution >= 0.6 is 0 Å². The monoisotopic (exact) mass is 481 g/mol. The van der Waals surface area contributed by atoms with E-state index in [0.29, 0.717) is 25.5 Å². The van der Waals surface area contributed by atoms with E-state index in [0.717, 1.165) is 37.0 Å². The summed E-state index contributed by atoms with van der Waals surface area (Å²) in [6.07, 6.45) is 9.00. The Morgan fingerprint density at radius 3 is 2.69 bits per heavy atom.